The van der Waals surface area contributed by atoms with Crippen LogP contribution in [0.15, 0.2) is 34.7 Å². The zero-order chi connectivity index (χ0) is 19.8. The van der Waals surface area contributed by atoms with Crippen LogP contribution in [0.5, 0.6) is 0 Å². The molecule has 0 N–H and O–H groups in total. The first-order valence-corrected chi connectivity index (χ1v) is 10.6. The fourth-order valence-electron chi connectivity index (χ4n) is 3.78. The molecule has 1 aromatic carbocycles. The van der Waals surface area contributed by atoms with Crippen LogP contribution in [0, 0.1) is 0 Å². The number of nitrogens with zero attached hydrogens (tertiary/aromatic N) is 2. The standard InChI is InChI=1S/C22H24N2O3S/c1-13(2)27-22(26)14(3)24-12-23-20-19(21(24)25)18(11-28-20)17-9-8-15-6-4-5-7-16(15)10-17/h8-14H,4-7H2,1-3H3. The first-order valence-electron chi connectivity index (χ1n) is 9.76. The van der Waals surface area contributed by atoms with E-state index in [0.717, 1.165) is 24.0 Å². The molecule has 146 valence electrons. The highest BCUT2D eigenvalue weighted by atomic mass is 32.1. The molecule has 1 aliphatic carbocycles. The summed E-state index contributed by atoms with van der Waals surface area (Å²) in [5.74, 6) is -0.427. The van der Waals surface area contributed by atoms with Crippen LogP contribution in [0.25, 0.3) is 21.3 Å². The lowest BCUT2D eigenvalue weighted by Crippen LogP contribution is -2.30. The van der Waals surface area contributed by atoms with E-state index in [1.807, 2.05) is 5.38 Å². The summed E-state index contributed by atoms with van der Waals surface area (Å²) in [7, 11) is 0. The molecule has 5 nitrogen and oxygen atoms in total. The zero-order valence-corrected chi connectivity index (χ0v) is 17.2. The van der Waals surface area contributed by atoms with Gasteiger partial charge in [-0.15, -0.1) is 11.3 Å². The van der Waals surface area contributed by atoms with Crippen LogP contribution in [0.2, 0.25) is 0 Å². The number of thiophene rings is 1. The third-order valence-electron chi connectivity index (χ3n) is 5.29. The molecule has 1 unspecified atom stereocenters. The maximum atomic E-state index is 13.2. The molecule has 28 heavy (non-hydrogen) atoms. The zero-order valence-electron chi connectivity index (χ0n) is 16.4. The number of fused-ring (bicyclic) bond motifs is 2. The second kappa shape index (κ2) is 7.51. The number of carbonyl (C=O) groups is 1. The molecule has 2 heterocycles. The Hall–Kier alpha value is -2.47. The van der Waals surface area contributed by atoms with Gasteiger partial charge in [0, 0.05) is 10.9 Å². The molecule has 1 atom stereocenters. The summed E-state index contributed by atoms with van der Waals surface area (Å²) in [5.41, 5.74) is 4.52. The van der Waals surface area contributed by atoms with Crippen LogP contribution < -0.4 is 5.56 Å². The number of carbonyl (C=O) groups excluding carboxylic acids is 1. The molecule has 0 aliphatic heterocycles. The first kappa shape index (κ1) is 18.9. The van der Waals surface area contributed by atoms with E-state index in [9.17, 15) is 9.59 Å². The monoisotopic (exact) mass is 396 g/mol. The van der Waals surface area contributed by atoms with E-state index >= 15 is 0 Å². The van der Waals surface area contributed by atoms with Gasteiger partial charge in [0.25, 0.3) is 5.56 Å². The highest BCUT2D eigenvalue weighted by molar-refractivity contribution is 7.17. The van der Waals surface area contributed by atoms with Crippen molar-refractivity contribution in [3.8, 4) is 11.1 Å². The summed E-state index contributed by atoms with van der Waals surface area (Å²) in [6.07, 6.45) is 5.89. The molecular formula is C22H24N2O3S. The number of ether oxygens (including phenoxy) is 1. The van der Waals surface area contributed by atoms with Crippen molar-refractivity contribution in [1.29, 1.82) is 0 Å². The Kier molecular flexibility index (Phi) is 5.06. The lowest BCUT2D eigenvalue weighted by atomic mass is 9.89. The number of rotatable bonds is 4. The minimum atomic E-state index is -0.719. The maximum absolute atomic E-state index is 13.2. The van der Waals surface area contributed by atoms with Gasteiger partial charge in [-0.2, -0.15) is 0 Å². The van der Waals surface area contributed by atoms with Gasteiger partial charge in [0.05, 0.1) is 17.8 Å². The van der Waals surface area contributed by atoms with Crippen LogP contribution in [-0.2, 0) is 22.4 Å². The predicted octanol–water partition coefficient (Wildman–Crippen LogP) is 4.52. The molecule has 1 aliphatic rings. The van der Waals surface area contributed by atoms with E-state index < -0.39 is 12.0 Å². The van der Waals surface area contributed by atoms with Gasteiger partial charge < -0.3 is 4.74 Å². The topological polar surface area (TPSA) is 61.2 Å². The molecule has 0 radical (unpaired) electrons. The summed E-state index contributed by atoms with van der Waals surface area (Å²) < 4.78 is 6.64. The Morgan fingerprint density at radius 2 is 1.93 bits per heavy atom. The Bertz CT molecular complexity index is 1100. The maximum Gasteiger partial charge on any atom is 0.329 e. The largest absolute Gasteiger partial charge is 0.461 e. The van der Waals surface area contributed by atoms with Gasteiger partial charge in [0.2, 0.25) is 0 Å². The number of hydrogen-bond donors (Lipinski definition) is 0. The van der Waals surface area contributed by atoms with Crippen molar-refractivity contribution in [3.05, 3.63) is 51.4 Å². The quantitative estimate of drug-likeness (QED) is 0.609. The molecule has 0 bridgehead atoms. The number of esters is 1. The van der Waals surface area contributed by atoms with Gasteiger partial charge in [-0.25, -0.2) is 9.78 Å². The number of aromatic nitrogens is 2. The van der Waals surface area contributed by atoms with Crippen LogP contribution in [0.4, 0.5) is 0 Å². The average Bonchev–Trinajstić information content (AvgIpc) is 3.12. The Labute approximate surface area is 168 Å². The van der Waals surface area contributed by atoms with Crippen molar-refractivity contribution >= 4 is 27.5 Å². The van der Waals surface area contributed by atoms with Crippen LogP contribution in [0.1, 0.15) is 50.8 Å². The minimum Gasteiger partial charge on any atom is -0.461 e. The van der Waals surface area contributed by atoms with Gasteiger partial charge in [-0.3, -0.25) is 9.36 Å². The summed E-state index contributed by atoms with van der Waals surface area (Å²) in [5, 5.41) is 2.57. The fourth-order valence-corrected chi connectivity index (χ4v) is 4.69. The summed E-state index contributed by atoms with van der Waals surface area (Å²) in [6, 6.07) is 5.77. The van der Waals surface area contributed by atoms with Gasteiger partial charge in [-0.05, 0) is 63.1 Å². The lowest BCUT2D eigenvalue weighted by molar-refractivity contribution is -0.151. The van der Waals surface area contributed by atoms with E-state index in [2.05, 4.69) is 23.2 Å². The van der Waals surface area contributed by atoms with Gasteiger partial charge in [0.1, 0.15) is 10.9 Å². The van der Waals surface area contributed by atoms with Crippen molar-refractivity contribution in [1.82, 2.24) is 9.55 Å². The lowest BCUT2D eigenvalue weighted by Gasteiger charge is -2.17. The second-order valence-corrected chi connectivity index (χ2v) is 8.50. The van der Waals surface area contributed by atoms with E-state index in [1.165, 1.54) is 46.2 Å². The van der Waals surface area contributed by atoms with Crippen molar-refractivity contribution in [3.63, 3.8) is 0 Å². The predicted molar refractivity (Wildman–Crippen MR) is 112 cm³/mol. The normalized spacial score (nSPS) is 14.9. The van der Waals surface area contributed by atoms with E-state index in [4.69, 9.17) is 4.74 Å². The van der Waals surface area contributed by atoms with Crippen molar-refractivity contribution in [2.45, 2.75) is 58.6 Å². The van der Waals surface area contributed by atoms with Gasteiger partial charge >= 0.3 is 5.97 Å². The summed E-state index contributed by atoms with van der Waals surface area (Å²) in [6.45, 7) is 5.26. The molecule has 0 saturated heterocycles. The summed E-state index contributed by atoms with van der Waals surface area (Å²) >= 11 is 1.46. The van der Waals surface area contributed by atoms with E-state index in [-0.39, 0.29) is 11.7 Å². The van der Waals surface area contributed by atoms with Crippen molar-refractivity contribution in [2.24, 2.45) is 0 Å². The molecule has 3 aromatic rings. The third-order valence-corrected chi connectivity index (χ3v) is 6.18. The Morgan fingerprint density at radius 3 is 2.68 bits per heavy atom. The Morgan fingerprint density at radius 1 is 1.18 bits per heavy atom. The molecular weight excluding hydrogens is 372 g/mol. The van der Waals surface area contributed by atoms with E-state index in [0.29, 0.717) is 10.2 Å². The average molecular weight is 397 g/mol. The molecule has 0 spiro atoms. The first-order chi connectivity index (χ1) is 13.5. The third kappa shape index (κ3) is 3.37. The van der Waals surface area contributed by atoms with Crippen LogP contribution in [0.3, 0.4) is 0 Å². The van der Waals surface area contributed by atoms with Crippen molar-refractivity contribution < 1.29 is 9.53 Å². The van der Waals surface area contributed by atoms with Crippen molar-refractivity contribution in [2.75, 3.05) is 0 Å². The highest BCUT2D eigenvalue weighted by Gasteiger charge is 2.22. The molecule has 4 rings (SSSR count). The highest BCUT2D eigenvalue weighted by Crippen LogP contribution is 2.33. The fraction of sp³-hybridized carbons (Fsp3) is 0.409. The summed E-state index contributed by atoms with van der Waals surface area (Å²) in [4.78, 5) is 30.6. The molecule has 2 aromatic heterocycles. The minimum absolute atomic E-state index is 0.202. The van der Waals surface area contributed by atoms with Gasteiger partial charge in [0.15, 0.2) is 0 Å². The SMILES string of the molecule is CC(C)OC(=O)C(C)n1cnc2scc(-c3ccc4c(c3)CCCC4)c2c1=O. The molecule has 0 fully saturated rings. The molecule has 6 heteroatoms. The number of aryl methyl sites for hydroxylation is 2. The molecule has 0 amide bonds. The van der Waals surface area contributed by atoms with Crippen LogP contribution in [-0.4, -0.2) is 21.6 Å². The molecule has 0 saturated carbocycles. The number of benzene rings is 1. The second-order valence-electron chi connectivity index (χ2n) is 7.64. The number of hydrogen-bond acceptors (Lipinski definition) is 5. The smallest absolute Gasteiger partial charge is 0.329 e. The van der Waals surface area contributed by atoms with Crippen LogP contribution >= 0.6 is 11.3 Å². The van der Waals surface area contributed by atoms with E-state index in [1.54, 1.807) is 20.8 Å². The van der Waals surface area contributed by atoms with Gasteiger partial charge in [-0.1, -0.05) is 18.2 Å². The Balaban J connectivity index is 1.79.